The van der Waals surface area contributed by atoms with Gasteiger partial charge in [0.05, 0.1) is 30.9 Å². The van der Waals surface area contributed by atoms with Crippen molar-refractivity contribution >= 4 is 17.6 Å². The second kappa shape index (κ2) is 9.82. The number of nitrogens with zero attached hydrogens (tertiary/aromatic N) is 2. The maximum absolute atomic E-state index is 13.7. The minimum absolute atomic E-state index is 0.00754. The summed E-state index contributed by atoms with van der Waals surface area (Å²) >= 11 is 0. The van der Waals surface area contributed by atoms with E-state index in [1.165, 1.54) is 18.2 Å². The van der Waals surface area contributed by atoms with Crippen molar-refractivity contribution in [3.63, 3.8) is 0 Å². The van der Waals surface area contributed by atoms with Crippen molar-refractivity contribution in [3.05, 3.63) is 42.2 Å². The van der Waals surface area contributed by atoms with Gasteiger partial charge in [-0.2, -0.15) is 0 Å². The Morgan fingerprint density at radius 2 is 1.93 bits per heavy atom. The van der Waals surface area contributed by atoms with E-state index < -0.39 is 30.1 Å². The number of likely N-dealkylation sites (N-methyl/N-ethyl adjacent to an activating group) is 1. The van der Waals surface area contributed by atoms with Gasteiger partial charge in [0.25, 0.3) is 0 Å². The maximum Gasteiger partial charge on any atom is 0.319 e. The molecule has 0 radical (unpaired) electrons. The van der Waals surface area contributed by atoms with Crippen LogP contribution in [-0.4, -0.2) is 84.9 Å². The van der Waals surface area contributed by atoms with Gasteiger partial charge in [-0.25, -0.2) is 9.18 Å². The molecule has 9 heteroatoms. The van der Waals surface area contributed by atoms with Crippen molar-refractivity contribution < 1.29 is 23.8 Å². The maximum atomic E-state index is 13.7. The summed E-state index contributed by atoms with van der Waals surface area (Å²) in [5.74, 6) is -0.535. The molecule has 1 fully saturated rings. The third kappa shape index (κ3) is 5.75. The summed E-state index contributed by atoms with van der Waals surface area (Å²) in [6.07, 6.45) is 2.44. The number of nitrogens with one attached hydrogen (secondary N) is 2. The predicted molar refractivity (Wildman–Crippen MR) is 106 cm³/mol. The Morgan fingerprint density at radius 3 is 2.62 bits per heavy atom. The molecule has 1 aromatic rings. The third-order valence-corrected chi connectivity index (χ3v) is 5.11. The number of piperazine rings is 1. The molecule has 1 saturated heterocycles. The molecule has 0 aromatic heterocycles. The van der Waals surface area contributed by atoms with E-state index in [4.69, 9.17) is 4.74 Å². The molecule has 0 bridgehead atoms. The van der Waals surface area contributed by atoms with E-state index in [0.717, 1.165) is 13.1 Å². The Labute approximate surface area is 169 Å². The zero-order valence-electron chi connectivity index (χ0n) is 16.4. The lowest BCUT2D eigenvalue weighted by atomic mass is 10.0. The van der Waals surface area contributed by atoms with Crippen LogP contribution in [0, 0.1) is 5.82 Å². The summed E-state index contributed by atoms with van der Waals surface area (Å²) in [7, 11) is 2.02. The van der Waals surface area contributed by atoms with E-state index >= 15 is 0 Å². The molecule has 1 aromatic carbocycles. The number of hydrogen-bond donors (Lipinski definition) is 3. The van der Waals surface area contributed by atoms with E-state index in [-0.39, 0.29) is 24.6 Å². The van der Waals surface area contributed by atoms with Crippen molar-refractivity contribution in [1.29, 1.82) is 0 Å². The van der Waals surface area contributed by atoms with Gasteiger partial charge in [-0.1, -0.05) is 24.3 Å². The van der Waals surface area contributed by atoms with Crippen LogP contribution < -0.4 is 10.6 Å². The normalized spacial score (nSPS) is 24.9. The number of carbonyl (C=O) groups excluding carboxylic acids is 2. The van der Waals surface area contributed by atoms with E-state index in [9.17, 15) is 19.1 Å². The molecule has 0 aliphatic carbocycles. The summed E-state index contributed by atoms with van der Waals surface area (Å²) in [6, 6.07) is 4.63. The number of aliphatic hydroxyl groups is 1. The van der Waals surface area contributed by atoms with Crippen LogP contribution in [0.4, 0.5) is 14.9 Å². The number of urea groups is 1. The Morgan fingerprint density at radius 1 is 1.21 bits per heavy atom. The lowest BCUT2D eigenvalue weighted by molar-refractivity contribution is -0.137. The highest BCUT2D eigenvalue weighted by Crippen LogP contribution is 2.18. The van der Waals surface area contributed by atoms with Gasteiger partial charge < -0.3 is 30.3 Å². The molecular weight excluding hydrogens is 379 g/mol. The van der Waals surface area contributed by atoms with Crippen molar-refractivity contribution in [3.8, 4) is 0 Å². The lowest BCUT2D eigenvalue weighted by Gasteiger charge is -2.35. The van der Waals surface area contributed by atoms with Gasteiger partial charge in [0, 0.05) is 26.2 Å². The second-order valence-corrected chi connectivity index (χ2v) is 7.27. The number of rotatable bonds is 5. The Kier molecular flexibility index (Phi) is 7.18. The molecule has 158 valence electrons. The number of aliphatic hydroxyl groups excluding tert-OH is 1. The molecule has 0 unspecified atom stereocenters. The summed E-state index contributed by atoms with van der Waals surface area (Å²) in [6.45, 7) is 2.74. The average Bonchev–Trinajstić information content (AvgIpc) is 2.71. The van der Waals surface area contributed by atoms with Crippen LogP contribution >= 0.6 is 0 Å². The molecule has 2 heterocycles. The summed E-state index contributed by atoms with van der Waals surface area (Å²) in [5, 5.41) is 14.7. The van der Waals surface area contributed by atoms with E-state index in [1.807, 2.05) is 11.9 Å². The molecule has 3 atom stereocenters. The number of anilines is 1. The summed E-state index contributed by atoms with van der Waals surface area (Å²) in [4.78, 5) is 28.6. The molecule has 8 nitrogen and oxygen atoms in total. The minimum Gasteiger partial charge on any atom is -0.394 e. The Balaban J connectivity index is 1.53. The molecule has 3 rings (SSSR count). The van der Waals surface area contributed by atoms with Crippen LogP contribution in [0.1, 0.15) is 6.42 Å². The highest BCUT2D eigenvalue weighted by atomic mass is 19.1. The number of carbonyl (C=O) groups is 2. The number of hydrogen-bond acceptors (Lipinski definition) is 5. The van der Waals surface area contributed by atoms with Crippen LogP contribution in [0.3, 0.4) is 0 Å². The van der Waals surface area contributed by atoms with Gasteiger partial charge in [0.15, 0.2) is 0 Å². The van der Waals surface area contributed by atoms with Crippen LogP contribution in [-0.2, 0) is 9.53 Å². The van der Waals surface area contributed by atoms with Crippen molar-refractivity contribution in [2.75, 3.05) is 45.2 Å². The van der Waals surface area contributed by atoms with Gasteiger partial charge in [-0.05, 0) is 19.2 Å². The SMILES string of the molecule is CN1CCN(C(=O)C[C@@H]2C=C[C@@H](NC(=O)Nc3ccccc3F)[C@@H](CO)O2)CC1. The van der Waals surface area contributed by atoms with Crippen molar-refractivity contribution in [2.24, 2.45) is 0 Å². The van der Waals surface area contributed by atoms with E-state index in [2.05, 4.69) is 15.5 Å². The fourth-order valence-corrected chi connectivity index (χ4v) is 3.37. The van der Waals surface area contributed by atoms with Crippen LogP contribution in [0.5, 0.6) is 0 Å². The number of amides is 3. The highest BCUT2D eigenvalue weighted by molar-refractivity contribution is 5.89. The number of para-hydroxylation sites is 1. The first-order chi connectivity index (χ1) is 14.0. The summed E-state index contributed by atoms with van der Waals surface area (Å²) < 4.78 is 19.5. The molecule has 3 N–H and O–H groups in total. The van der Waals surface area contributed by atoms with Gasteiger partial charge >= 0.3 is 6.03 Å². The zero-order chi connectivity index (χ0) is 20.8. The first-order valence-electron chi connectivity index (χ1n) is 9.69. The number of benzene rings is 1. The molecular formula is C20H27FN4O4. The van der Waals surface area contributed by atoms with Gasteiger partial charge in [0.1, 0.15) is 11.9 Å². The lowest BCUT2D eigenvalue weighted by Crippen LogP contribution is -2.51. The average molecular weight is 406 g/mol. The number of ether oxygens (including phenoxy) is 1. The second-order valence-electron chi connectivity index (χ2n) is 7.27. The Bertz CT molecular complexity index is 752. The molecule has 2 aliphatic rings. The largest absolute Gasteiger partial charge is 0.394 e. The standard InChI is InChI=1S/C20H27FN4O4/c1-24-8-10-25(11-9-24)19(27)12-14-6-7-17(18(13-26)29-14)23-20(28)22-16-5-3-2-4-15(16)21/h2-7,14,17-18,26H,8-13H2,1H3,(H2,22,23,28)/t14-,17+,18+/m0/s1. The van der Waals surface area contributed by atoms with E-state index in [1.54, 1.807) is 18.2 Å². The fraction of sp³-hybridized carbons (Fsp3) is 0.500. The molecule has 0 spiro atoms. The number of halogens is 1. The smallest absolute Gasteiger partial charge is 0.319 e. The molecule has 29 heavy (non-hydrogen) atoms. The van der Waals surface area contributed by atoms with Crippen LogP contribution in [0.25, 0.3) is 0 Å². The monoisotopic (exact) mass is 406 g/mol. The quantitative estimate of drug-likeness (QED) is 0.629. The summed E-state index contributed by atoms with van der Waals surface area (Å²) in [5.41, 5.74) is 0.0573. The molecule has 0 saturated carbocycles. The van der Waals surface area contributed by atoms with Gasteiger partial charge in [-0.15, -0.1) is 0 Å². The zero-order valence-corrected chi connectivity index (χ0v) is 16.4. The molecule has 3 amide bonds. The highest BCUT2D eigenvalue weighted by Gasteiger charge is 2.30. The first kappa shape index (κ1) is 21.2. The predicted octanol–water partition coefficient (Wildman–Crippen LogP) is 0.796. The van der Waals surface area contributed by atoms with Gasteiger partial charge in [0.2, 0.25) is 5.91 Å². The van der Waals surface area contributed by atoms with Crippen molar-refractivity contribution in [1.82, 2.24) is 15.1 Å². The molecule has 2 aliphatic heterocycles. The fourth-order valence-electron chi connectivity index (χ4n) is 3.37. The first-order valence-corrected chi connectivity index (χ1v) is 9.69. The van der Waals surface area contributed by atoms with Crippen molar-refractivity contribution in [2.45, 2.75) is 24.7 Å². The third-order valence-electron chi connectivity index (χ3n) is 5.11. The van der Waals surface area contributed by atoms with E-state index in [0.29, 0.717) is 13.1 Å². The van der Waals surface area contributed by atoms with Crippen LogP contribution in [0.2, 0.25) is 0 Å². The minimum atomic E-state index is -0.698. The Hall–Kier alpha value is -2.49. The topological polar surface area (TPSA) is 94.1 Å². The van der Waals surface area contributed by atoms with Crippen LogP contribution in [0.15, 0.2) is 36.4 Å². The van der Waals surface area contributed by atoms with Gasteiger partial charge in [-0.3, -0.25) is 4.79 Å².